The summed E-state index contributed by atoms with van der Waals surface area (Å²) in [6.45, 7) is 1.31. The average molecular weight is 354 g/mol. The molecule has 0 aliphatic carbocycles. The van der Waals surface area contributed by atoms with E-state index in [1.165, 1.54) is 22.5 Å². The lowest BCUT2D eigenvalue weighted by molar-refractivity contribution is 0.174. The van der Waals surface area contributed by atoms with Gasteiger partial charge in [-0.1, -0.05) is 42.5 Å². The largest absolute Gasteiger partial charge is 0.454 e. The van der Waals surface area contributed by atoms with E-state index in [1.807, 2.05) is 6.07 Å². The summed E-state index contributed by atoms with van der Waals surface area (Å²) in [5.74, 6) is 3.19. The van der Waals surface area contributed by atoms with Crippen LogP contribution in [0.1, 0.15) is 23.7 Å². The van der Waals surface area contributed by atoms with Crippen molar-refractivity contribution in [3.63, 3.8) is 0 Å². The van der Waals surface area contributed by atoms with E-state index < -0.39 is 0 Å². The SMILES string of the molecule is c1ccc(C2CCn3c2nc2ccc(-c4ccc5c(c4)OCO5)cc23)cc1. The van der Waals surface area contributed by atoms with Crippen LogP contribution in [0.5, 0.6) is 11.5 Å². The molecule has 4 heteroatoms. The lowest BCUT2D eigenvalue weighted by Gasteiger charge is -2.07. The molecule has 0 radical (unpaired) electrons. The molecule has 1 unspecified atom stereocenters. The molecule has 27 heavy (non-hydrogen) atoms. The molecule has 0 N–H and O–H groups in total. The van der Waals surface area contributed by atoms with E-state index in [9.17, 15) is 0 Å². The van der Waals surface area contributed by atoms with E-state index in [-0.39, 0.29) is 0 Å². The van der Waals surface area contributed by atoms with Crippen LogP contribution >= 0.6 is 0 Å². The molecule has 0 fully saturated rings. The molecule has 4 aromatic rings. The summed E-state index contributed by atoms with van der Waals surface area (Å²) < 4.78 is 13.3. The fourth-order valence-electron chi connectivity index (χ4n) is 4.29. The minimum absolute atomic E-state index is 0.300. The summed E-state index contributed by atoms with van der Waals surface area (Å²) >= 11 is 0. The molecule has 2 aliphatic rings. The van der Waals surface area contributed by atoms with Gasteiger partial charge in [0.25, 0.3) is 0 Å². The lowest BCUT2D eigenvalue weighted by Crippen LogP contribution is -1.97. The van der Waals surface area contributed by atoms with Crippen molar-refractivity contribution in [1.82, 2.24) is 9.55 Å². The average Bonchev–Trinajstić information content (AvgIpc) is 3.42. The van der Waals surface area contributed by atoms with Crippen LogP contribution < -0.4 is 9.47 Å². The molecule has 1 aromatic heterocycles. The van der Waals surface area contributed by atoms with Crippen LogP contribution in [0.15, 0.2) is 66.7 Å². The monoisotopic (exact) mass is 354 g/mol. The van der Waals surface area contributed by atoms with Crippen molar-refractivity contribution < 1.29 is 9.47 Å². The van der Waals surface area contributed by atoms with Crippen LogP contribution in [0.3, 0.4) is 0 Å². The first-order valence-electron chi connectivity index (χ1n) is 9.32. The van der Waals surface area contributed by atoms with E-state index in [1.54, 1.807) is 0 Å². The van der Waals surface area contributed by atoms with Gasteiger partial charge in [0.2, 0.25) is 6.79 Å². The molecule has 3 heterocycles. The fraction of sp³-hybridized carbons (Fsp3) is 0.174. The zero-order chi connectivity index (χ0) is 17.8. The Morgan fingerprint density at radius 3 is 2.59 bits per heavy atom. The maximum atomic E-state index is 5.53. The zero-order valence-electron chi connectivity index (χ0n) is 14.8. The predicted octanol–water partition coefficient (Wildman–Crippen LogP) is 4.97. The van der Waals surface area contributed by atoms with Gasteiger partial charge in [0.1, 0.15) is 5.82 Å². The molecular weight excluding hydrogens is 336 g/mol. The Morgan fingerprint density at radius 1 is 0.852 bits per heavy atom. The highest BCUT2D eigenvalue weighted by molar-refractivity contribution is 5.83. The van der Waals surface area contributed by atoms with Crippen LogP contribution in [0.4, 0.5) is 0 Å². The van der Waals surface area contributed by atoms with E-state index in [0.29, 0.717) is 12.7 Å². The Kier molecular flexibility index (Phi) is 3.09. The van der Waals surface area contributed by atoms with Crippen molar-refractivity contribution in [3.8, 4) is 22.6 Å². The highest BCUT2D eigenvalue weighted by atomic mass is 16.7. The second kappa shape index (κ2) is 5.61. The Labute approximate surface area is 157 Å². The van der Waals surface area contributed by atoms with Gasteiger partial charge < -0.3 is 14.0 Å². The van der Waals surface area contributed by atoms with Crippen LogP contribution in [-0.4, -0.2) is 16.3 Å². The minimum atomic E-state index is 0.300. The normalized spacial score (nSPS) is 17.4. The highest BCUT2D eigenvalue weighted by Gasteiger charge is 2.27. The van der Waals surface area contributed by atoms with Crippen molar-refractivity contribution in [1.29, 1.82) is 0 Å². The van der Waals surface area contributed by atoms with Crippen molar-refractivity contribution in [2.75, 3.05) is 6.79 Å². The molecule has 3 aromatic carbocycles. The number of nitrogens with zero attached hydrogens (tertiary/aromatic N) is 2. The lowest BCUT2D eigenvalue weighted by atomic mass is 9.97. The molecule has 0 bridgehead atoms. The molecule has 6 rings (SSSR count). The van der Waals surface area contributed by atoms with E-state index in [4.69, 9.17) is 14.5 Å². The fourth-order valence-corrected chi connectivity index (χ4v) is 4.29. The first-order valence-corrected chi connectivity index (χ1v) is 9.32. The number of imidazole rings is 1. The summed E-state index contributed by atoms with van der Waals surface area (Å²) in [6, 6.07) is 23.3. The molecule has 2 aliphatic heterocycles. The van der Waals surface area contributed by atoms with Crippen LogP contribution in [0.25, 0.3) is 22.2 Å². The number of rotatable bonds is 2. The van der Waals surface area contributed by atoms with Gasteiger partial charge in [-0.3, -0.25) is 0 Å². The Hall–Kier alpha value is -3.27. The molecule has 0 saturated carbocycles. The quantitative estimate of drug-likeness (QED) is 0.510. The number of benzene rings is 3. The van der Waals surface area contributed by atoms with Gasteiger partial charge in [-0.25, -0.2) is 4.98 Å². The molecule has 4 nitrogen and oxygen atoms in total. The van der Waals surface area contributed by atoms with Crippen molar-refractivity contribution in [2.24, 2.45) is 0 Å². The van der Waals surface area contributed by atoms with E-state index in [2.05, 4.69) is 65.2 Å². The van der Waals surface area contributed by atoms with Gasteiger partial charge in [-0.2, -0.15) is 0 Å². The van der Waals surface area contributed by atoms with Crippen LogP contribution in [0, 0.1) is 0 Å². The topological polar surface area (TPSA) is 36.3 Å². The zero-order valence-corrected chi connectivity index (χ0v) is 14.8. The maximum absolute atomic E-state index is 5.53. The predicted molar refractivity (Wildman–Crippen MR) is 104 cm³/mol. The van der Waals surface area contributed by atoms with Gasteiger partial charge in [-0.15, -0.1) is 0 Å². The Bertz CT molecular complexity index is 1160. The number of aromatic nitrogens is 2. The molecule has 0 amide bonds. The third-order valence-electron chi connectivity index (χ3n) is 5.64. The van der Waals surface area contributed by atoms with Gasteiger partial charge in [0.15, 0.2) is 11.5 Å². The highest BCUT2D eigenvalue weighted by Crippen LogP contribution is 2.39. The van der Waals surface area contributed by atoms with Crippen LogP contribution in [-0.2, 0) is 6.54 Å². The molecule has 132 valence electrons. The number of aryl methyl sites for hydroxylation is 1. The standard InChI is InChI=1S/C23H18N2O2/c1-2-4-15(5-3-1)18-10-11-25-20-12-16(6-8-19(20)24-23(18)25)17-7-9-21-22(13-17)27-14-26-21/h1-9,12-13,18H,10-11,14H2. The molecule has 0 saturated heterocycles. The van der Waals surface area contributed by atoms with Gasteiger partial charge in [0, 0.05) is 12.5 Å². The van der Waals surface area contributed by atoms with Gasteiger partial charge in [0.05, 0.1) is 11.0 Å². The summed E-state index contributed by atoms with van der Waals surface area (Å²) in [4.78, 5) is 4.96. The van der Waals surface area contributed by atoms with Crippen molar-refractivity contribution in [2.45, 2.75) is 18.9 Å². The van der Waals surface area contributed by atoms with Crippen molar-refractivity contribution in [3.05, 3.63) is 78.1 Å². The Morgan fingerprint density at radius 2 is 1.67 bits per heavy atom. The summed E-state index contributed by atoms with van der Waals surface area (Å²) in [5, 5.41) is 0. The maximum Gasteiger partial charge on any atom is 0.231 e. The van der Waals surface area contributed by atoms with Gasteiger partial charge >= 0.3 is 0 Å². The smallest absolute Gasteiger partial charge is 0.231 e. The second-order valence-electron chi connectivity index (χ2n) is 7.15. The van der Waals surface area contributed by atoms with E-state index in [0.717, 1.165) is 35.5 Å². The number of fused-ring (bicyclic) bond motifs is 4. The Balaban J connectivity index is 1.45. The third-order valence-corrected chi connectivity index (χ3v) is 5.64. The molecular formula is C23H18N2O2. The molecule has 1 atom stereocenters. The first kappa shape index (κ1) is 14.9. The number of hydrogen-bond acceptors (Lipinski definition) is 3. The first-order chi connectivity index (χ1) is 13.4. The second-order valence-corrected chi connectivity index (χ2v) is 7.15. The van der Waals surface area contributed by atoms with Gasteiger partial charge in [-0.05, 0) is 47.4 Å². The summed E-state index contributed by atoms with van der Waals surface area (Å²) in [6.07, 6.45) is 1.11. The molecule has 0 spiro atoms. The van der Waals surface area contributed by atoms with Crippen molar-refractivity contribution >= 4 is 11.0 Å². The number of ether oxygens (including phenoxy) is 2. The summed E-state index contributed by atoms with van der Waals surface area (Å²) in [7, 11) is 0. The minimum Gasteiger partial charge on any atom is -0.454 e. The number of hydrogen-bond donors (Lipinski definition) is 0. The van der Waals surface area contributed by atoms with Crippen LogP contribution in [0.2, 0.25) is 0 Å². The summed E-state index contributed by atoms with van der Waals surface area (Å²) in [5.41, 5.74) is 5.93. The third kappa shape index (κ3) is 2.26. The van der Waals surface area contributed by atoms with E-state index >= 15 is 0 Å².